The Hall–Kier alpha value is -7.18. The summed E-state index contributed by atoms with van der Waals surface area (Å²) in [5.41, 5.74) is 21.7. The molecule has 8 aromatic carbocycles. The lowest BCUT2D eigenvalue weighted by molar-refractivity contribution is 0.101. The number of nitrogens with one attached hydrogen (secondary N) is 2. The summed E-state index contributed by atoms with van der Waals surface area (Å²) in [6.45, 7) is 0. The summed E-state index contributed by atoms with van der Waals surface area (Å²) in [5, 5.41) is 9.89. The fourth-order valence-corrected chi connectivity index (χ4v) is 7.99. The second-order valence-electron chi connectivity index (χ2n) is 13.4. The number of nitrogens with two attached hydrogens (primary N) is 2. The monoisotopic (exact) mass is 686 g/mol. The highest BCUT2D eigenvalue weighted by molar-refractivity contribution is 6.13. The van der Waals surface area contributed by atoms with Crippen LogP contribution in [0.3, 0.4) is 0 Å². The first-order chi connectivity index (χ1) is 25.9. The van der Waals surface area contributed by atoms with Crippen LogP contribution >= 0.6 is 0 Å². The van der Waals surface area contributed by atoms with E-state index in [1.807, 2.05) is 121 Å². The third-order valence-electron chi connectivity index (χ3n) is 10.5. The molecule has 0 bridgehead atoms. The quantitative estimate of drug-likeness (QED) is 0.131. The summed E-state index contributed by atoms with van der Waals surface area (Å²) in [4.78, 5) is 27.4. The molecule has 8 aromatic rings. The fourth-order valence-electron chi connectivity index (χ4n) is 7.99. The Bertz CT molecular complexity index is 2550. The van der Waals surface area contributed by atoms with Crippen molar-refractivity contribution < 1.29 is 9.59 Å². The predicted octanol–water partition coefficient (Wildman–Crippen LogP) is 10.0. The number of amides is 2. The molecule has 53 heavy (non-hydrogen) atoms. The molecule has 1 aliphatic carbocycles. The summed E-state index contributed by atoms with van der Waals surface area (Å²) < 4.78 is 0. The summed E-state index contributed by atoms with van der Waals surface area (Å²) in [6, 6.07) is 55.7. The Morgan fingerprint density at radius 1 is 0.415 bits per heavy atom. The van der Waals surface area contributed by atoms with Gasteiger partial charge in [0.25, 0.3) is 11.8 Å². The van der Waals surface area contributed by atoms with Crippen molar-refractivity contribution in [3.63, 3.8) is 0 Å². The van der Waals surface area contributed by atoms with Gasteiger partial charge in [0.2, 0.25) is 0 Å². The van der Waals surface area contributed by atoms with Gasteiger partial charge in [0.05, 0.1) is 28.2 Å². The first kappa shape index (κ1) is 31.8. The molecule has 0 heterocycles. The van der Waals surface area contributed by atoms with Gasteiger partial charge >= 0.3 is 0 Å². The van der Waals surface area contributed by atoms with Crippen molar-refractivity contribution in [3.05, 3.63) is 203 Å². The van der Waals surface area contributed by atoms with Gasteiger partial charge in [0, 0.05) is 21.9 Å². The van der Waals surface area contributed by atoms with Crippen LogP contribution in [-0.2, 0) is 5.41 Å². The van der Waals surface area contributed by atoms with E-state index in [1.54, 1.807) is 0 Å². The van der Waals surface area contributed by atoms with Gasteiger partial charge in [-0.25, -0.2) is 0 Å². The van der Waals surface area contributed by atoms with Crippen LogP contribution in [0.2, 0.25) is 0 Å². The summed E-state index contributed by atoms with van der Waals surface area (Å²) in [6.07, 6.45) is 0. The Morgan fingerprint density at radius 3 is 1.23 bits per heavy atom. The molecule has 2 amide bonds. The highest BCUT2D eigenvalue weighted by Gasteiger charge is 2.46. The highest BCUT2D eigenvalue weighted by Crippen LogP contribution is 2.56. The van der Waals surface area contributed by atoms with E-state index in [0.29, 0.717) is 33.9 Å². The molecule has 0 atom stereocenters. The summed E-state index contributed by atoms with van der Waals surface area (Å²) >= 11 is 0. The number of rotatable bonds is 6. The first-order valence-corrected chi connectivity index (χ1v) is 17.5. The van der Waals surface area contributed by atoms with Crippen molar-refractivity contribution in [1.29, 1.82) is 0 Å². The van der Waals surface area contributed by atoms with Crippen molar-refractivity contribution in [2.24, 2.45) is 0 Å². The fraction of sp³-hybridized carbons (Fsp3) is 0.0213. The molecule has 0 fully saturated rings. The Balaban J connectivity index is 1.11. The van der Waals surface area contributed by atoms with Gasteiger partial charge in [0.15, 0.2) is 0 Å². The van der Waals surface area contributed by atoms with E-state index in [0.717, 1.165) is 54.9 Å². The molecule has 0 saturated carbocycles. The van der Waals surface area contributed by atoms with Crippen molar-refractivity contribution in [2.75, 3.05) is 22.1 Å². The van der Waals surface area contributed by atoms with E-state index in [1.165, 1.54) is 0 Å². The molecule has 0 unspecified atom stereocenters. The van der Waals surface area contributed by atoms with E-state index in [2.05, 4.69) is 59.2 Å². The number of hydrogen-bond donors (Lipinski definition) is 4. The van der Waals surface area contributed by atoms with Crippen LogP contribution in [0.4, 0.5) is 22.7 Å². The van der Waals surface area contributed by atoms with Crippen LogP contribution in [0, 0.1) is 0 Å². The van der Waals surface area contributed by atoms with Crippen LogP contribution in [0.25, 0.3) is 32.7 Å². The van der Waals surface area contributed by atoms with Gasteiger partial charge in [-0.2, -0.15) is 0 Å². The van der Waals surface area contributed by atoms with E-state index in [9.17, 15) is 9.59 Å². The minimum absolute atomic E-state index is 0.247. The van der Waals surface area contributed by atoms with Crippen molar-refractivity contribution in [3.8, 4) is 11.1 Å². The number of fused-ring (bicyclic) bond motifs is 5. The third kappa shape index (κ3) is 5.11. The molecule has 0 aromatic heterocycles. The molecule has 9 rings (SSSR count). The average Bonchev–Trinajstić information content (AvgIpc) is 3.51. The number of anilines is 4. The zero-order valence-corrected chi connectivity index (χ0v) is 28.6. The topological polar surface area (TPSA) is 110 Å². The summed E-state index contributed by atoms with van der Waals surface area (Å²) in [5.74, 6) is -0.494. The molecule has 0 saturated heterocycles. The van der Waals surface area contributed by atoms with Gasteiger partial charge in [0.1, 0.15) is 0 Å². The molecule has 6 N–H and O–H groups in total. The van der Waals surface area contributed by atoms with Gasteiger partial charge in [-0.05, 0) is 80.6 Å². The van der Waals surface area contributed by atoms with Crippen LogP contribution in [0.1, 0.15) is 43.0 Å². The van der Waals surface area contributed by atoms with Gasteiger partial charge < -0.3 is 22.1 Å². The second kappa shape index (κ2) is 12.5. The SMILES string of the molecule is Nc1ccc2ccccc2c1NC(=O)c1ccc(C2(c3ccc(C(=O)Nc4c(N)ccc5ccccc45)cc3)c3ccccc3-c3ccccc32)cc1. The lowest BCUT2D eigenvalue weighted by Crippen LogP contribution is -2.29. The van der Waals surface area contributed by atoms with E-state index in [-0.39, 0.29) is 11.8 Å². The third-order valence-corrected chi connectivity index (χ3v) is 10.5. The molecule has 0 spiro atoms. The van der Waals surface area contributed by atoms with E-state index >= 15 is 0 Å². The zero-order valence-electron chi connectivity index (χ0n) is 28.6. The van der Waals surface area contributed by atoms with Crippen molar-refractivity contribution >= 4 is 56.1 Å². The van der Waals surface area contributed by atoms with Gasteiger partial charge in [-0.3, -0.25) is 9.59 Å². The lowest BCUT2D eigenvalue weighted by Gasteiger charge is -2.34. The van der Waals surface area contributed by atoms with Crippen molar-refractivity contribution in [1.82, 2.24) is 0 Å². The minimum atomic E-state index is -0.711. The smallest absolute Gasteiger partial charge is 0.255 e. The molecular weight excluding hydrogens is 653 g/mol. The van der Waals surface area contributed by atoms with Crippen molar-refractivity contribution in [2.45, 2.75) is 5.41 Å². The van der Waals surface area contributed by atoms with Gasteiger partial charge in [-0.1, -0.05) is 133 Å². The minimum Gasteiger partial charge on any atom is -0.397 e. The van der Waals surface area contributed by atoms with Crippen LogP contribution in [0.15, 0.2) is 170 Å². The predicted molar refractivity (Wildman–Crippen MR) is 216 cm³/mol. The average molecular weight is 687 g/mol. The maximum atomic E-state index is 13.7. The number of benzene rings is 8. The Labute approximate surface area is 306 Å². The molecule has 6 heteroatoms. The number of carbonyl (C=O) groups is 2. The molecule has 6 nitrogen and oxygen atoms in total. The normalized spacial score (nSPS) is 12.6. The van der Waals surface area contributed by atoms with Crippen LogP contribution < -0.4 is 22.1 Å². The zero-order chi connectivity index (χ0) is 36.1. The maximum Gasteiger partial charge on any atom is 0.255 e. The molecule has 254 valence electrons. The van der Waals surface area contributed by atoms with E-state index < -0.39 is 5.41 Å². The standard InChI is InChI=1S/C47H34N4O2/c48-41-27-21-29-9-1-3-11-35(29)43(41)50-45(52)31-17-23-33(24-18-31)47(39-15-7-5-13-37(39)38-14-6-8-16-40(38)47)34-25-19-32(20-26-34)46(53)51-44-36-12-4-2-10-30(36)22-28-42(44)49/h1-28H,48-49H2,(H,50,52)(H,51,53). The highest BCUT2D eigenvalue weighted by atomic mass is 16.2. The lowest BCUT2D eigenvalue weighted by atomic mass is 9.67. The molecule has 0 radical (unpaired) electrons. The van der Waals surface area contributed by atoms with Crippen LogP contribution in [-0.4, -0.2) is 11.8 Å². The molecule has 0 aliphatic heterocycles. The molecule has 1 aliphatic rings. The number of hydrogen-bond acceptors (Lipinski definition) is 4. The Morgan fingerprint density at radius 2 is 0.792 bits per heavy atom. The van der Waals surface area contributed by atoms with E-state index in [4.69, 9.17) is 11.5 Å². The molecular formula is C47H34N4O2. The first-order valence-electron chi connectivity index (χ1n) is 17.5. The largest absolute Gasteiger partial charge is 0.397 e. The van der Waals surface area contributed by atoms with Gasteiger partial charge in [-0.15, -0.1) is 0 Å². The number of carbonyl (C=O) groups excluding carboxylic acids is 2. The maximum absolute atomic E-state index is 13.7. The second-order valence-corrected chi connectivity index (χ2v) is 13.4. The van der Waals surface area contributed by atoms with Crippen LogP contribution in [0.5, 0.6) is 0 Å². The summed E-state index contributed by atoms with van der Waals surface area (Å²) in [7, 11) is 0. The Kier molecular flexibility index (Phi) is 7.52. The number of nitrogen functional groups attached to an aromatic ring is 2.